The molecule has 1 unspecified atom stereocenters. The van der Waals surface area contributed by atoms with E-state index in [0.717, 1.165) is 19.6 Å². The first-order chi connectivity index (χ1) is 9.58. The number of likely N-dealkylation sites (tertiary alicyclic amines) is 1. The zero-order valence-corrected chi connectivity index (χ0v) is 12.9. The summed E-state index contributed by atoms with van der Waals surface area (Å²) >= 11 is 0. The molecular formula is C15H24N2O2S. The largest absolute Gasteiger partial charge is 0.303 e. The van der Waals surface area contributed by atoms with Crippen LogP contribution in [0.3, 0.4) is 0 Å². The third kappa shape index (κ3) is 4.58. The van der Waals surface area contributed by atoms with Crippen LogP contribution >= 0.6 is 0 Å². The van der Waals surface area contributed by atoms with E-state index in [4.69, 9.17) is 0 Å². The molecule has 2 rings (SSSR count). The van der Waals surface area contributed by atoms with E-state index in [0.29, 0.717) is 17.4 Å². The van der Waals surface area contributed by atoms with E-state index in [9.17, 15) is 8.42 Å². The summed E-state index contributed by atoms with van der Waals surface area (Å²) in [5, 5.41) is 0. The molecule has 0 spiro atoms. The molecule has 0 saturated carbocycles. The Balaban J connectivity index is 1.82. The Hall–Kier alpha value is -0.910. The Bertz CT molecular complexity index is 496. The van der Waals surface area contributed by atoms with Gasteiger partial charge in [-0.25, -0.2) is 13.1 Å². The summed E-state index contributed by atoms with van der Waals surface area (Å²) in [7, 11) is -3.36. The van der Waals surface area contributed by atoms with E-state index < -0.39 is 10.0 Å². The van der Waals surface area contributed by atoms with Gasteiger partial charge in [-0.05, 0) is 44.0 Å². The Labute approximate surface area is 122 Å². The first kappa shape index (κ1) is 15.5. The van der Waals surface area contributed by atoms with E-state index in [1.165, 1.54) is 19.3 Å². The van der Waals surface area contributed by atoms with Crippen molar-refractivity contribution in [2.75, 3.05) is 26.2 Å². The van der Waals surface area contributed by atoms with Crippen LogP contribution in [-0.2, 0) is 10.0 Å². The maximum absolute atomic E-state index is 12.1. The van der Waals surface area contributed by atoms with Crippen LogP contribution in [0.25, 0.3) is 0 Å². The maximum atomic E-state index is 12.1. The van der Waals surface area contributed by atoms with Crippen LogP contribution in [0.5, 0.6) is 0 Å². The smallest absolute Gasteiger partial charge is 0.240 e. The quantitative estimate of drug-likeness (QED) is 0.874. The average molecular weight is 296 g/mol. The van der Waals surface area contributed by atoms with Crippen molar-refractivity contribution in [2.45, 2.75) is 31.1 Å². The molecule has 0 amide bonds. The van der Waals surface area contributed by atoms with Gasteiger partial charge in [0.25, 0.3) is 0 Å². The highest BCUT2D eigenvalue weighted by Gasteiger charge is 2.17. The lowest BCUT2D eigenvalue weighted by atomic mass is 10.1. The Morgan fingerprint density at radius 2 is 1.80 bits per heavy atom. The lowest BCUT2D eigenvalue weighted by Gasteiger charge is -2.29. The highest BCUT2D eigenvalue weighted by Crippen LogP contribution is 2.12. The second-order valence-electron chi connectivity index (χ2n) is 5.63. The van der Waals surface area contributed by atoms with E-state index >= 15 is 0 Å². The van der Waals surface area contributed by atoms with Crippen LogP contribution in [0.2, 0.25) is 0 Å². The summed E-state index contributed by atoms with van der Waals surface area (Å²) in [6.45, 7) is 5.86. The minimum absolute atomic E-state index is 0.326. The van der Waals surface area contributed by atoms with Crippen LogP contribution in [-0.4, -0.2) is 39.5 Å². The van der Waals surface area contributed by atoms with Gasteiger partial charge in [0.15, 0.2) is 0 Å². The molecule has 1 aliphatic heterocycles. The summed E-state index contributed by atoms with van der Waals surface area (Å²) in [5.41, 5.74) is 0. The second kappa shape index (κ2) is 7.20. The van der Waals surface area contributed by atoms with Gasteiger partial charge in [0, 0.05) is 13.1 Å². The molecule has 4 nitrogen and oxygen atoms in total. The third-order valence-electron chi connectivity index (χ3n) is 3.69. The molecular weight excluding hydrogens is 272 g/mol. The standard InChI is InChI=1S/C15H24N2O2S/c1-14(13-17-10-6-3-7-11-17)12-16-20(18,19)15-8-4-2-5-9-15/h2,4-5,8-9,14,16H,3,6-7,10-13H2,1H3. The van der Waals surface area contributed by atoms with E-state index in [1.54, 1.807) is 24.3 Å². The Kier molecular flexibility index (Phi) is 5.57. The monoisotopic (exact) mass is 296 g/mol. The molecule has 1 atom stereocenters. The molecule has 1 aromatic carbocycles. The molecule has 0 aromatic heterocycles. The number of hydrogen-bond donors (Lipinski definition) is 1. The first-order valence-corrected chi connectivity index (χ1v) is 8.83. The van der Waals surface area contributed by atoms with Gasteiger partial charge >= 0.3 is 0 Å². The zero-order chi connectivity index (χ0) is 14.4. The van der Waals surface area contributed by atoms with Crippen LogP contribution in [0.1, 0.15) is 26.2 Å². The lowest BCUT2D eigenvalue weighted by molar-refractivity contribution is 0.201. The molecule has 0 radical (unpaired) electrons. The number of piperidine rings is 1. The molecule has 112 valence electrons. The fourth-order valence-corrected chi connectivity index (χ4v) is 3.77. The number of nitrogens with one attached hydrogen (secondary N) is 1. The number of rotatable bonds is 6. The molecule has 20 heavy (non-hydrogen) atoms. The van der Waals surface area contributed by atoms with Gasteiger partial charge in [-0.1, -0.05) is 31.5 Å². The predicted octanol–water partition coefficient (Wildman–Crippen LogP) is 2.09. The van der Waals surface area contributed by atoms with Gasteiger partial charge in [0.1, 0.15) is 0 Å². The lowest BCUT2D eigenvalue weighted by Crippen LogP contribution is -2.38. The van der Waals surface area contributed by atoms with Gasteiger partial charge in [0.05, 0.1) is 4.90 Å². The zero-order valence-electron chi connectivity index (χ0n) is 12.1. The molecule has 5 heteroatoms. The highest BCUT2D eigenvalue weighted by atomic mass is 32.2. The van der Waals surface area contributed by atoms with Crippen molar-refractivity contribution in [3.05, 3.63) is 30.3 Å². The fourth-order valence-electron chi connectivity index (χ4n) is 2.58. The predicted molar refractivity (Wildman–Crippen MR) is 81.1 cm³/mol. The van der Waals surface area contributed by atoms with Crippen molar-refractivity contribution in [2.24, 2.45) is 5.92 Å². The second-order valence-corrected chi connectivity index (χ2v) is 7.40. The minimum Gasteiger partial charge on any atom is -0.303 e. The maximum Gasteiger partial charge on any atom is 0.240 e. The van der Waals surface area contributed by atoms with Crippen molar-refractivity contribution in [1.82, 2.24) is 9.62 Å². The van der Waals surface area contributed by atoms with E-state index in [2.05, 4.69) is 16.5 Å². The van der Waals surface area contributed by atoms with Crippen molar-refractivity contribution in [3.8, 4) is 0 Å². The van der Waals surface area contributed by atoms with Crippen molar-refractivity contribution in [1.29, 1.82) is 0 Å². The molecule has 1 fully saturated rings. The summed E-state index contributed by atoms with van der Waals surface area (Å²) in [5.74, 6) is 0.326. The third-order valence-corrected chi connectivity index (χ3v) is 5.13. The summed E-state index contributed by atoms with van der Waals surface area (Å²) < 4.78 is 26.9. The first-order valence-electron chi connectivity index (χ1n) is 7.35. The SMILES string of the molecule is CC(CNS(=O)(=O)c1ccccc1)CN1CCCCC1. The molecule has 1 N–H and O–H groups in total. The normalized spacial score (nSPS) is 18.9. The molecule has 1 saturated heterocycles. The number of hydrogen-bond acceptors (Lipinski definition) is 3. The summed E-state index contributed by atoms with van der Waals surface area (Å²) in [6, 6.07) is 8.55. The van der Waals surface area contributed by atoms with Crippen LogP contribution in [0.4, 0.5) is 0 Å². The summed E-state index contributed by atoms with van der Waals surface area (Å²) in [4.78, 5) is 2.77. The topological polar surface area (TPSA) is 49.4 Å². The van der Waals surface area contributed by atoms with Gasteiger partial charge in [-0.3, -0.25) is 0 Å². The Morgan fingerprint density at radius 1 is 1.15 bits per heavy atom. The molecule has 1 heterocycles. The highest BCUT2D eigenvalue weighted by molar-refractivity contribution is 7.89. The number of sulfonamides is 1. The molecule has 1 aliphatic rings. The van der Waals surface area contributed by atoms with Gasteiger partial charge < -0.3 is 4.90 Å². The van der Waals surface area contributed by atoms with Gasteiger partial charge in [-0.2, -0.15) is 0 Å². The minimum atomic E-state index is -3.36. The molecule has 0 aliphatic carbocycles. The average Bonchev–Trinajstić information content (AvgIpc) is 2.47. The molecule has 1 aromatic rings. The van der Waals surface area contributed by atoms with Crippen molar-refractivity contribution in [3.63, 3.8) is 0 Å². The van der Waals surface area contributed by atoms with Gasteiger partial charge in [0.2, 0.25) is 10.0 Å². The van der Waals surface area contributed by atoms with Crippen LogP contribution < -0.4 is 4.72 Å². The van der Waals surface area contributed by atoms with Crippen LogP contribution in [0.15, 0.2) is 35.2 Å². The number of benzene rings is 1. The van der Waals surface area contributed by atoms with E-state index in [1.807, 2.05) is 6.07 Å². The van der Waals surface area contributed by atoms with Gasteiger partial charge in [-0.15, -0.1) is 0 Å². The molecule has 0 bridgehead atoms. The Morgan fingerprint density at radius 3 is 2.45 bits per heavy atom. The van der Waals surface area contributed by atoms with E-state index in [-0.39, 0.29) is 0 Å². The van der Waals surface area contributed by atoms with Crippen molar-refractivity contribution < 1.29 is 8.42 Å². The fraction of sp³-hybridized carbons (Fsp3) is 0.600. The number of nitrogens with zero attached hydrogens (tertiary/aromatic N) is 1. The summed E-state index contributed by atoms with van der Waals surface area (Å²) in [6.07, 6.45) is 3.86. The van der Waals surface area contributed by atoms with Crippen LogP contribution in [0, 0.1) is 5.92 Å². The van der Waals surface area contributed by atoms with Crippen molar-refractivity contribution >= 4 is 10.0 Å².